The highest BCUT2D eigenvalue weighted by molar-refractivity contribution is 6.07. The third kappa shape index (κ3) is 4.43. The molecule has 0 unspecified atom stereocenters. The summed E-state index contributed by atoms with van der Waals surface area (Å²) in [6.45, 7) is 4.13. The van der Waals surface area contributed by atoms with E-state index in [0.29, 0.717) is 11.1 Å². The van der Waals surface area contributed by atoms with E-state index in [-0.39, 0.29) is 17.5 Å². The summed E-state index contributed by atoms with van der Waals surface area (Å²) in [6, 6.07) is 19.8. The van der Waals surface area contributed by atoms with Crippen molar-refractivity contribution < 1.29 is 14.0 Å². The number of carbonyl (C=O) groups is 2. The molecule has 0 aliphatic rings. The van der Waals surface area contributed by atoms with Gasteiger partial charge in [0.1, 0.15) is 5.82 Å². The molecular weight excluding hydrogens is 355 g/mol. The number of benzene rings is 3. The zero-order valence-electron chi connectivity index (χ0n) is 15.7. The first-order valence-electron chi connectivity index (χ1n) is 9.02. The second-order valence-corrected chi connectivity index (χ2v) is 6.71. The zero-order valence-corrected chi connectivity index (χ0v) is 15.7. The molecule has 0 saturated carbocycles. The largest absolute Gasteiger partial charge is 0.322 e. The minimum atomic E-state index is -0.504. The van der Waals surface area contributed by atoms with Crippen molar-refractivity contribution in [2.75, 3.05) is 10.6 Å². The average Bonchev–Trinajstić information content (AvgIpc) is 2.70. The average molecular weight is 376 g/mol. The standard InChI is InChI=1S/C23H21FN2O2/c1-15(2)18-7-3-5-9-20(18)25-22(27)16-11-13-17(14-12-16)23(28)26-21-10-6-4-8-19(21)24/h3-15H,1-2H3,(H,25,27)(H,26,28). The molecule has 0 aromatic heterocycles. The lowest BCUT2D eigenvalue weighted by atomic mass is 10.0. The van der Waals surface area contributed by atoms with Gasteiger partial charge in [-0.3, -0.25) is 9.59 Å². The van der Waals surface area contributed by atoms with E-state index < -0.39 is 11.7 Å². The molecule has 3 aromatic carbocycles. The Bertz CT molecular complexity index is 997. The summed E-state index contributed by atoms with van der Waals surface area (Å²) < 4.78 is 13.7. The summed E-state index contributed by atoms with van der Waals surface area (Å²) in [7, 11) is 0. The first kappa shape index (κ1) is 19.3. The fraction of sp³-hybridized carbons (Fsp3) is 0.130. The van der Waals surface area contributed by atoms with Crippen LogP contribution in [0.5, 0.6) is 0 Å². The van der Waals surface area contributed by atoms with Crippen LogP contribution >= 0.6 is 0 Å². The van der Waals surface area contributed by atoms with Gasteiger partial charge in [-0.15, -0.1) is 0 Å². The molecule has 142 valence electrons. The van der Waals surface area contributed by atoms with Gasteiger partial charge in [0.15, 0.2) is 0 Å². The second-order valence-electron chi connectivity index (χ2n) is 6.71. The predicted octanol–water partition coefficient (Wildman–Crippen LogP) is 5.45. The molecule has 28 heavy (non-hydrogen) atoms. The van der Waals surface area contributed by atoms with Gasteiger partial charge in [0.05, 0.1) is 5.69 Å². The van der Waals surface area contributed by atoms with Crippen LogP contribution in [0.2, 0.25) is 0 Å². The number of nitrogens with one attached hydrogen (secondary N) is 2. The molecule has 4 nitrogen and oxygen atoms in total. The van der Waals surface area contributed by atoms with E-state index in [1.807, 2.05) is 24.3 Å². The lowest BCUT2D eigenvalue weighted by Crippen LogP contribution is -2.15. The summed E-state index contributed by atoms with van der Waals surface area (Å²) in [5.74, 6) is -0.923. The Kier molecular flexibility index (Phi) is 5.84. The second kappa shape index (κ2) is 8.48. The van der Waals surface area contributed by atoms with E-state index in [2.05, 4.69) is 24.5 Å². The fourth-order valence-corrected chi connectivity index (χ4v) is 2.84. The Morgan fingerprint density at radius 3 is 1.71 bits per heavy atom. The van der Waals surface area contributed by atoms with Crippen molar-refractivity contribution in [3.05, 3.63) is 95.3 Å². The van der Waals surface area contributed by atoms with Gasteiger partial charge < -0.3 is 10.6 Å². The van der Waals surface area contributed by atoms with Crippen LogP contribution < -0.4 is 10.6 Å². The number of carbonyl (C=O) groups excluding carboxylic acids is 2. The molecule has 0 aliphatic heterocycles. The molecule has 2 N–H and O–H groups in total. The SMILES string of the molecule is CC(C)c1ccccc1NC(=O)c1ccc(C(=O)Nc2ccccc2F)cc1. The van der Waals surface area contributed by atoms with Crippen LogP contribution in [0.4, 0.5) is 15.8 Å². The van der Waals surface area contributed by atoms with Crippen molar-refractivity contribution in [3.8, 4) is 0 Å². The number of halogens is 1. The molecular formula is C23H21FN2O2. The van der Waals surface area contributed by atoms with Gasteiger partial charge in [0.25, 0.3) is 11.8 Å². The first-order chi connectivity index (χ1) is 13.5. The molecule has 0 heterocycles. The molecule has 0 bridgehead atoms. The first-order valence-corrected chi connectivity index (χ1v) is 9.02. The Balaban J connectivity index is 1.71. The molecule has 0 spiro atoms. The van der Waals surface area contributed by atoms with Gasteiger partial charge in [-0.05, 0) is 53.9 Å². The molecule has 0 aliphatic carbocycles. The lowest BCUT2D eigenvalue weighted by Gasteiger charge is -2.13. The molecule has 0 saturated heterocycles. The maximum atomic E-state index is 13.7. The highest BCUT2D eigenvalue weighted by Gasteiger charge is 2.13. The Labute approximate surface area is 163 Å². The lowest BCUT2D eigenvalue weighted by molar-refractivity contribution is 0.101. The van der Waals surface area contributed by atoms with Crippen molar-refractivity contribution in [1.82, 2.24) is 0 Å². The van der Waals surface area contributed by atoms with Crippen LogP contribution in [0.25, 0.3) is 0 Å². The quantitative estimate of drug-likeness (QED) is 0.622. The number of amides is 2. The minimum absolute atomic E-state index is 0.111. The van der Waals surface area contributed by atoms with Gasteiger partial charge in [-0.2, -0.15) is 0 Å². The summed E-state index contributed by atoms with van der Waals surface area (Å²) in [5.41, 5.74) is 2.70. The minimum Gasteiger partial charge on any atom is -0.322 e. The molecule has 0 fully saturated rings. The Morgan fingerprint density at radius 1 is 0.714 bits per heavy atom. The molecule has 0 atom stereocenters. The van der Waals surface area contributed by atoms with E-state index in [9.17, 15) is 14.0 Å². The summed E-state index contributed by atoms with van der Waals surface area (Å²) in [6.07, 6.45) is 0. The van der Waals surface area contributed by atoms with E-state index in [1.54, 1.807) is 36.4 Å². The molecule has 3 aromatic rings. The monoisotopic (exact) mass is 376 g/mol. The van der Waals surface area contributed by atoms with Crippen LogP contribution in [0, 0.1) is 5.82 Å². The summed E-state index contributed by atoms with van der Waals surface area (Å²) >= 11 is 0. The van der Waals surface area contributed by atoms with Crippen molar-refractivity contribution >= 4 is 23.2 Å². The van der Waals surface area contributed by atoms with E-state index in [1.165, 1.54) is 12.1 Å². The van der Waals surface area contributed by atoms with Crippen LogP contribution in [-0.4, -0.2) is 11.8 Å². The van der Waals surface area contributed by atoms with Crippen molar-refractivity contribution in [2.45, 2.75) is 19.8 Å². The van der Waals surface area contributed by atoms with Crippen molar-refractivity contribution in [2.24, 2.45) is 0 Å². The summed E-state index contributed by atoms with van der Waals surface area (Å²) in [5, 5.41) is 5.44. The third-order valence-corrected chi connectivity index (χ3v) is 4.36. The predicted molar refractivity (Wildman–Crippen MR) is 109 cm³/mol. The maximum Gasteiger partial charge on any atom is 0.255 e. The van der Waals surface area contributed by atoms with Gasteiger partial charge in [-0.1, -0.05) is 44.2 Å². The Hall–Kier alpha value is -3.47. The third-order valence-electron chi connectivity index (χ3n) is 4.36. The normalized spacial score (nSPS) is 10.6. The Morgan fingerprint density at radius 2 is 1.18 bits per heavy atom. The van der Waals surface area contributed by atoms with Crippen molar-refractivity contribution in [3.63, 3.8) is 0 Å². The number of hydrogen-bond donors (Lipinski definition) is 2. The summed E-state index contributed by atoms with van der Waals surface area (Å²) in [4.78, 5) is 24.8. The smallest absolute Gasteiger partial charge is 0.255 e. The van der Waals surface area contributed by atoms with Crippen LogP contribution in [-0.2, 0) is 0 Å². The fourth-order valence-electron chi connectivity index (χ4n) is 2.84. The topological polar surface area (TPSA) is 58.2 Å². The van der Waals surface area contributed by atoms with E-state index >= 15 is 0 Å². The number of para-hydroxylation sites is 2. The highest BCUT2D eigenvalue weighted by atomic mass is 19.1. The van der Waals surface area contributed by atoms with Crippen molar-refractivity contribution in [1.29, 1.82) is 0 Å². The maximum absolute atomic E-state index is 13.7. The number of hydrogen-bond acceptors (Lipinski definition) is 2. The van der Waals surface area contributed by atoms with Gasteiger partial charge in [-0.25, -0.2) is 4.39 Å². The number of rotatable bonds is 5. The van der Waals surface area contributed by atoms with Crippen LogP contribution in [0.3, 0.4) is 0 Å². The van der Waals surface area contributed by atoms with Gasteiger partial charge in [0.2, 0.25) is 0 Å². The molecule has 3 rings (SSSR count). The highest BCUT2D eigenvalue weighted by Crippen LogP contribution is 2.24. The molecule has 5 heteroatoms. The molecule has 0 radical (unpaired) electrons. The zero-order chi connectivity index (χ0) is 20.1. The van der Waals surface area contributed by atoms with Gasteiger partial charge in [0, 0.05) is 16.8 Å². The number of anilines is 2. The van der Waals surface area contributed by atoms with Crippen LogP contribution in [0.1, 0.15) is 46.0 Å². The van der Waals surface area contributed by atoms with E-state index in [0.717, 1.165) is 11.3 Å². The van der Waals surface area contributed by atoms with Gasteiger partial charge >= 0.3 is 0 Å². The molecule has 2 amide bonds. The van der Waals surface area contributed by atoms with Crippen LogP contribution in [0.15, 0.2) is 72.8 Å². The van der Waals surface area contributed by atoms with E-state index in [4.69, 9.17) is 0 Å².